The molecule has 0 bridgehead atoms. The molecule has 0 saturated heterocycles. The van der Waals surface area contributed by atoms with Gasteiger partial charge in [-0.15, -0.1) is 0 Å². The normalized spacial score (nSPS) is 18.2. The number of hydrogen-bond donors (Lipinski definition) is 0. The molecule has 3 rings (SSSR count). The third-order valence-electron chi connectivity index (χ3n) is 4.36. The van der Waals surface area contributed by atoms with E-state index in [2.05, 4.69) is 33.5 Å². The first-order valence-electron chi connectivity index (χ1n) is 7.63. The second-order valence-electron chi connectivity index (χ2n) is 5.65. The molecule has 0 aliphatic carbocycles. The van der Waals surface area contributed by atoms with E-state index >= 15 is 0 Å². The van der Waals surface area contributed by atoms with Crippen LogP contribution in [0.2, 0.25) is 0 Å². The smallest absolute Gasteiger partial charge is 0.126 e. The molecule has 5 heteroatoms. The van der Waals surface area contributed by atoms with Gasteiger partial charge in [0.15, 0.2) is 0 Å². The maximum Gasteiger partial charge on any atom is 0.126 e. The molecule has 1 aromatic heterocycles. The minimum Gasteiger partial charge on any atom is -0.496 e. The second-order valence-corrected chi connectivity index (χ2v) is 5.65. The molecule has 1 aromatic carbocycles. The Hall–Kier alpha value is -1.85. The summed E-state index contributed by atoms with van der Waals surface area (Å²) in [6.45, 7) is 5.65. The van der Waals surface area contributed by atoms with E-state index in [1.807, 2.05) is 18.3 Å². The fourth-order valence-electron chi connectivity index (χ4n) is 3.14. The molecule has 2 aromatic rings. The Morgan fingerprint density at radius 1 is 1.23 bits per heavy atom. The third-order valence-corrected chi connectivity index (χ3v) is 4.36. The van der Waals surface area contributed by atoms with Gasteiger partial charge in [-0.1, -0.05) is 18.2 Å². The Labute approximate surface area is 131 Å². The Kier molecular flexibility index (Phi) is 4.45. The lowest BCUT2D eigenvalue weighted by Gasteiger charge is -2.34. The highest BCUT2D eigenvalue weighted by Gasteiger charge is 2.27. The van der Waals surface area contributed by atoms with Gasteiger partial charge in [-0.25, -0.2) is 4.98 Å². The van der Waals surface area contributed by atoms with Gasteiger partial charge in [0, 0.05) is 32.3 Å². The van der Waals surface area contributed by atoms with E-state index in [-0.39, 0.29) is 6.04 Å². The molecule has 1 aliphatic heterocycles. The fourth-order valence-corrected chi connectivity index (χ4v) is 3.14. The SMILES string of the molecule is COCc1cnc2n1CCN(Cc1ccccc1OC)C2C. The standard InChI is InChI=1S/C17H23N3O2/c1-13-17-18-10-15(12-21-2)20(17)9-8-19(13)11-14-6-4-5-7-16(14)22-3/h4-7,10,13H,8-9,11-12H2,1-3H3. The molecule has 118 valence electrons. The van der Waals surface area contributed by atoms with Crippen molar-refractivity contribution in [2.24, 2.45) is 0 Å². The predicted molar refractivity (Wildman–Crippen MR) is 84.8 cm³/mol. The van der Waals surface area contributed by atoms with Gasteiger partial charge in [-0.05, 0) is 13.0 Å². The number of rotatable bonds is 5. The van der Waals surface area contributed by atoms with Crippen molar-refractivity contribution in [2.45, 2.75) is 32.7 Å². The van der Waals surface area contributed by atoms with Crippen molar-refractivity contribution in [2.75, 3.05) is 20.8 Å². The van der Waals surface area contributed by atoms with Crippen molar-refractivity contribution in [3.05, 3.63) is 47.5 Å². The van der Waals surface area contributed by atoms with E-state index in [1.54, 1.807) is 14.2 Å². The largest absolute Gasteiger partial charge is 0.496 e. The number of imidazole rings is 1. The van der Waals surface area contributed by atoms with Crippen molar-refractivity contribution in [3.8, 4) is 5.75 Å². The number of fused-ring (bicyclic) bond motifs is 1. The molecule has 0 radical (unpaired) electrons. The van der Waals surface area contributed by atoms with E-state index < -0.39 is 0 Å². The van der Waals surface area contributed by atoms with Crippen LogP contribution in [-0.2, 0) is 24.4 Å². The van der Waals surface area contributed by atoms with Gasteiger partial charge in [0.25, 0.3) is 0 Å². The average Bonchev–Trinajstić information content (AvgIpc) is 2.95. The highest BCUT2D eigenvalue weighted by molar-refractivity contribution is 5.33. The molecule has 0 N–H and O–H groups in total. The summed E-state index contributed by atoms with van der Waals surface area (Å²) >= 11 is 0. The summed E-state index contributed by atoms with van der Waals surface area (Å²) in [5.74, 6) is 2.07. The molecule has 0 amide bonds. The zero-order chi connectivity index (χ0) is 15.5. The Morgan fingerprint density at radius 3 is 2.82 bits per heavy atom. The van der Waals surface area contributed by atoms with Crippen molar-refractivity contribution in [3.63, 3.8) is 0 Å². The van der Waals surface area contributed by atoms with Crippen molar-refractivity contribution in [1.82, 2.24) is 14.5 Å². The predicted octanol–water partition coefficient (Wildman–Crippen LogP) is 2.61. The summed E-state index contributed by atoms with van der Waals surface area (Å²) in [6.07, 6.45) is 1.93. The van der Waals surface area contributed by atoms with Crippen LogP contribution in [0.25, 0.3) is 0 Å². The first kappa shape index (κ1) is 15.1. The van der Waals surface area contributed by atoms with Gasteiger partial charge in [-0.2, -0.15) is 0 Å². The summed E-state index contributed by atoms with van der Waals surface area (Å²) in [7, 11) is 3.45. The van der Waals surface area contributed by atoms with Crippen molar-refractivity contribution < 1.29 is 9.47 Å². The lowest BCUT2D eigenvalue weighted by molar-refractivity contribution is 0.142. The number of hydrogen-bond acceptors (Lipinski definition) is 4. The lowest BCUT2D eigenvalue weighted by Crippen LogP contribution is -2.37. The van der Waals surface area contributed by atoms with Crippen LogP contribution < -0.4 is 4.74 Å². The molecule has 0 saturated carbocycles. The molecule has 22 heavy (non-hydrogen) atoms. The van der Waals surface area contributed by atoms with Gasteiger partial charge in [0.2, 0.25) is 0 Å². The van der Waals surface area contributed by atoms with E-state index in [9.17, 15) is 0 Å². The molecule has 2 heterocycles. The fraction of sp³-hybridized carbons (Fsp3) is 0.471. The first-order chi connectivity index (χ1) is 10.7. The Balaban J connectivity index is 1.79. The van der Waals surface area contributed by atoms with Gasteiger partial charge in [-0.3, -0.25) is 4.90 Å². The monoisotopic (exact) mass is 301 g/mol. The number of methoxy groups -OCH3 is 2. The summed E-state index contributed by atoms with van der Waals surface area (Å²) in [5, 5.41) is 0. The first-order valence-corrected chi connectivity index (χ1v) is 7.63. The summed E-state index contributed by atoms with van der Waals surface area (Å²) < 4.78 is 13.0. The molecule has 1 atom stereocenters. The molecule has 1 unspecified atom stereocenters. The van der Waals surface area contributed by atoms with Crippen LogP contribution in [0.1, 0.15) is 30.0 Å². The van der Waals surface area contributed by atoms with E-state index in [4.69, 9.17) is 9.47 Å². The van der Waals surface area contributed by atoms with Crippen LogP contribution in [0.4, 0.5) is 0 Å². The van der Waals surface area contributed by atoms with E-state index in [1.165, 1.54) is 5.56 Å². The number of aromatic nitrogens is 2. The zero-order valence-corrected chi connectivity index (χ0v) is 13.5. The number of ether oxygens (including phenoxy) is 2. The van der Waals surface area contributed by atoms with E-state index in [0.717, 1.165) is 36.9 Å². The van der Waals surface area contributed by atoms with Gasteiger partial charge in [0.1, 0.15) is 11.6 Å². The molecular weight excluding hydrogens is 278 g/mol. The topological polar surface area (TPSA) is 39.5 Å². The molecule has 5 nitrogen and oxygen atoms in total. The van der Waals surface area contributed by atoms with Crippen molar-refractivity contribution in [1.29, 1.82) is 0 Å². The second kappa shape index (κ2) is 6.50. The van der Waals surface area contributed by atoms with Crippen molar-refractivity contribution >= 4 is 0 Å². The minimum absolute atomic E-state index is 0.282. The minimum atomic E-state index is 0.282. The zero-order valence-electron chi connectivity index (χ0n) is 13.5. The van der Waals surface area contributed by atoms with Gasteiger partial charge in [0.05, 0.1) is 31.6 Å². The lowest BCUT2D eigenvalue weighted by atomic mass is 10.1. The maximum atomic E-state index is 5.46. The van der Waals surface area contributed by atoms with Crippen LogP contribution in [0.15, 0.2) is 30.5 Å². The maximum absolute atomic E-state index is 5.46. The number of benzene rings is 1. The third kappa shape index (κ3) is 2.74. The molecular formula is C17H23N3O2. The van der Waals surface area contributed by atoms with Crippen LogP contribution in [-0.4, -0.2) is 35.2 Å². The Morgan fingerprint density at radius 2 is 2.05 bits per heavy atom. The van der Waals surface area contributed by atoms with Gasteiger partial charge < -0.3 is 14.0 Å². The quantitative estimate of drug-likeness (QED) is 0.851. The Bertz CT molecular complexity index is 639. The number of para-hydroxylation sites is 1. The highest BCUT2D eigenvalue weighted by Crippen LogP contribution is 2.29. The van der Waals surface area contributed by atoms with Gasteiger partial charge >= 0.3 is 0 Å². The van der Waals surface area contributed by atoms with Crippen LogP contribution in [0, 0.1) is 0 Å². The summed E-state index contributed by atoms with van der Waals surface area (Å²) in [6, 6.07) is 8.49. The van der Waals surface area contributed by atoms with Crippen LogP contribution >= 0.6 is 0 Å². The molecule has 0 spiro atoms. The number of nitrogens with zero attached hydrogens (tertiary/aromatic N) is 3. The summed E-state index contributed by atoms with van der Waals surface area (Å²) in [5.41, 5.74) is 2.37. The van der Waals surface area contributed by atoms with Crippen LogP contribution in [0.3, 0.4) is 0 Å². The molecule has 0 fully saturated rings. The van der Waals surface area contributed by atoms with Crippen LogP contribution in [0.5, 0.6) is 5.75 Å². The highest BCUT2D eigenvalue weighted by atomic mass is 16.5. The summed E-state index contributed by atoms with van der Waals surface area (Å²) in [4.78, 5) is 7.04. The average molecular weight is 301 g/mol. The molecule has 1 aliphatic rings. The van der Waals surface area contributed by atoms with E-state index in [0.29, 0.717) is 6.61 Å².